The van der Waals surface area contributed by atoms with Crippen molar-refractivity contribution in [2.24, 2.45) is 0 Å². The summed E-state index contributed by atoms with van der Waals surface area (Å²) in [5.41, 5.74) is 1.42. The second-order valence-electron chi connectivity index (χ2n) is 7.29. The Morgan fingerprint density at radius 1 is 1.11 bits per heavy atom. The number of aromatic nitrogens is 2. The lowest BCUT2D eigenvalue weighted by atomic mass is 10.0. The highest BCUT2D eigenvalue weighted by atomic mass is 16.5. The van der Waals surface area contributed by atoms with Gasteiger partial charge in [0.1, 0.15) is 11.5 Å². The molecule has 2 fully saturated rings. The van der Waals surface area contributed by atoms with Gasteiger partial charge in [0, 0.05) is 51.2 Å². The Balaban J connectivity index is 1.33. The second-order valence-corrected chi connectivity index (χ2v) is 7.29. The second kappa shape index (κ2) is 9.12. The molecule has 1 amide bonds. The number of amides is 1. The van der Waals surface area contributed by atoms with E-state index in [4.69, 9.17) is 4.74 Å². The van der Waals surface area contributed by atoms with Gasteiger partial charge in [-0.25, -0.2) is 4.98 Å². The van der Waals surface area contributed by atoms with Crippen molar-refractivity contribution in [2.45, 2.75) is 25.4 Å². The highest BCUT2D eigenvalue weighted by molar-refractivity contribution is 5.92. The number of nitrogens with zero attached hydrogens (tertiary/aromatic N) is 4. The van der Waals surface area contributed by atoms with Crippen LogP contribution in [0.3, 0.4) is 0 Å². The van der Waals surface area contributed by atoms with E-state index in [0.29, 0.717) is 18.3 Å². The molecule has 0 aliphatic carbocycles. The molecule has 0 spiro atoms. The minimum Gasteiger partial charge on any atom is -0.379 e. The number of nitrogens with one attached hydrogen (secondary N) is 1. The van der Waals surface area contributed by atoms with E-state index in [9.17, 15) is 4.79 Å². The third-order valence-electron chi connectivity index (χ3n) is 5.49. The lowest BCUT2D eigenvalue weighted by molar-refractivity contribution is 0.0115. The van der Waals surface area contributed by atoms with E-state index in [-0.39, 0.29) is 5.91 Å². The molecule has 2 aromatic heterocycles. The molecule has 0 saturated carbocycles. The highest BCUT2D eigenvalue weighted by Gasteiger charge is 2.26. The van der Waals surface area contributed by atoms with Crippen LogP contribution in [-0.4, -0.2) is 66.2 Å². The zero-order chi connectivity index (χ0) is 19.2. The standard InChI is InChI=1S/C21H27N5O2/c27-21(23-16-17-3-2-8-22-15-17)19-4-1-5-20(24-19)26-9-6-18(7-10-26)25-11-13-28-14-12-25/h1-5,8,15,18H,6-7,9-14,16H2,(H,23,27). The fourth-order valence-electron chi connectivity index (χ4n) is 3.90. The number of ether oxygens (including phenoxy) is 1. The number of carbonyl (C=O) groups excluding carboxylic acids is 1. The van der Waals surface area contributed by atoms with Crippen molar-refractivity contribution in [3.8, 4) is 0 Å². The van der Waals surface area contributed by atoms with Crippen LogP contribution in [0, 0.1) is 0 Å². The first-order valence-corrected chi connectivity index (χ1v) is 10.0. The minimum absolute atomic E-state index is 0.158. The summed E-state index contributed by atoms with van der Waals surface area (Å²) in [6.07, 6.45) is 5.72. The summed E-state index contributed by atoms with van der Waals surface area (Å²) in [4.78, 5) is 26.0. The van der Waals surface area contributed by atoms with Gasteiger partial charge >= 0.3 is 0 Å². The van der Waals surface area contributed by atoms with Gasteiger partial charge in [-0.05, 0) is 36.6 Å². The maximum absolute atomic E-state index is 12.5. The number of rotatable bonds is 5. The Morgan fingerprint density at radius 2 is 1.93 bits per heavy atom. The van der Waals surface area contributed by atoms with E-state index in [0.717, 1.165) is 63.6 Å². The van der Waals surface area contributed by atoms with Crippen molar-refractivity contribution in [3.05, 3.63) is 54.0 Å². The van der Waals surface area contributed by atoms with Crippen molar-refractivity contribution in [2.75, 3.05) is 44.3 Å². The van der Waals surface area contributed by atoms with E-state index in [2.05, 4.69) is 25.1 Å². The quantitative estimate of drug-likeness (QED) is 0.850. The maximum Gasteiger partial charge on any atom is 0.270 e. The van der Waals surface area contributed by atoms with Gasteiger partial charge in [-0.1, -0.05) is 12.1 Å². The third-order valence-corrected chi connectivity index (χ3v) is 5.49. The average Bonchev–Trinajstić information content (AvgIpc) is 2.79. The lowest BCUT2D eigenvalue weighted by Gasteiger charge is -2.40. The topological polar surface area (TPSA) is 70.6 Å². The van der Waals surface area contributed by atoms with Crippen LogP contribution in [-0.2, 0) is 11.3 Å². The number of hydrogen-bond acceptors (Lipinski definition) is 6. The van der Waals surface area contributed by atoms with E-state index >= 15 is 0 Å². The van der Waals surface area contributed by atoms with Gasteiger partial charge in [-0.2, -0.15) is 0 Å². The molecule has 1 N–H and O–H groups in total. The summed E-state index contributed by atoms with van der Waals surface area (Å²) in [5.74, 6) is 0.725. The van der Waals surface area contributed by atoms with Crippen LogP contribution >= 0.6 is 0 Å². The molecule has 7 nitrogen and oxygen atoms in total. The summed E-state index contributed by atoms with van der Waals surface area (Å²) in [6.45, 7) is 6.15. The molecule has 2 aliphatic rings. The summed E-state index contributed by atoms with van der Waals surface area (Å²) in [5, 5.41) is 2.92. The van der Waals surface area contributed by atoms with Crippen LogP contribution in [0.1, 0.15) is 28.9 Å². The fourth-order valence-corrected chi connectivity index (χ4v) is 3.90. The van der Waals surface area contributed by atoms with Gasteiger partial charge in [0.05, 0.1) is 13.2 Å². The van der Waals surface area contributed by atoms with Crippen LogP contribution in [0.2, 0.25) is 0 Å². The van der Waals surface area contributed by atoms with Crippen molar-refractivity contribution in [1.29, 1.82) is 0 Å². The van der Waals surface area contributed by atoms with Gasteiger partial charge in [-0.3, -0.25) is 14.7 Å². The van der Waals surface area contributed by atoms with E-state index in [1.165, 1.54) is 0 Å². The van der Waals surface area contributed by atoms with Crippen LogP contribution in [0.15, 0.2) is 42.7 Å². The van der Waals surface area contributed by atoms with Crippen molar-refractivity contribution in [3.63, 3.8) is 0 Å². The van der Waals surface area contributed by atoms with Gasteiger partial charge in [0.15, 0.2) is 0 Å². The minimum atomic E-state index is -0.158. The van der Waals surface area contributed by atoms with E-state index < -0.39 is 0 Å². The average molecular weight is 381 g/mol. The Kier molecular flexibility index (Phi) is 6.14. The van der Waals surface area contributed by atoms with Crippen LogP contribution in [0.4, 0.5) is 5.82 Å². The molecule has 0 bridgehead atoms. The smallest absolute Gasteiger partial charge is 0.270 e. The Bertz CT molecular complexity index is 771. The van der Waals surface area contributed by atoms with Crippen LogP contribution in [0.25, 0.3) is 0 Å². The SMILES string of the molecule is O=C(NCc1cccnc1)c1cccc(N2CCC(N3CCOCC3)CC2)n1. The molecular formula is C21H27N5O2. The number of piperidine rings is 1. The van der Waals surface area contributed by atoms with Gasteiger partial charge in [0.2, 0.25) is 0 Å². The van der Waals surface area contributed by atoms with Crippen LogP contribution in [0.5, 0.6) is 0 Å². The molecule has 0 unspecified atom stereocenters. The molecule has 2 aliphatic heterocycles. The molecule has 0 aromatic carbocycles. The molecule has 4 heterocycles. The van der Waals surface area contributed by atoms with Crippen molar-refractivity contribution >= 4 is 11.7 Å². The number of carbonyl (C=O) groups is 1. The monoisotopic (exact) mass is 381 g/mol. The molecule has 4 rings (SSSR count). The van der Waals surface area contributed by atoms with Crippen molar-refractivity contribution in [1.82, 2.24) is 20.2 Å². The molecule has 2 aromatic rings. The van der Waals surface area contributed by atoms with E-state index in [1.807, 2.05) is 24.3 Å². The summed E-state index contributed by atoms with van der Waals surface area (Å²) in [7, 11) is 0. The molecular weight excluding hydrogens is 354 g/mol. The van der Waals surface area contributed by atoms with Gasteiger partial charge < -0.3 is 15.0 Å². The Morgan fingerprint density at radius 3 is 2.68 bits per heavy atom. The number of morpholine rings is 1. The lowest BCUT2D eigenvalue weighted by Crippen LogP contribution is -2.49. The van der Waals surface area contributed by atoms with Gasteiger partial charge in [0.25, 0.3) is 5.91 Å². The number of anilines is 1. The maximum atomic E-state index is 12.5. The molecule has 0 radical (unpaired) electrons. The number of pyridine rings is 2. The molecule has 148 valence electrons. The normalized spacial score (nSPS) is 18.8. The zero-order valence-electron chi connectivity index (χ0n) is 16.1. The fraction of sp³-hybridized carbons (Fsp3) is 0.476. The van der Waals surface area contributed by atoms with Crippen LogP contribution < -0.4 is 10.2 Å². The first-order chi connectivity index (χ1) is 13.8. The van der Waals surface area contributed by atoms with Crippen molar-refractivity contribution < 1.29 is 9.53 Å². The van der Waals surface area contributed by atoms with Gasteiger partial charge in [-0.15, -0.1) is 0 Å². The summed E-state index contributed by atoms with van der Waals surface area (Å²) >= 11 is 0. The zero-order valence-corrected chi connectivity index (χ0v) is 16.1. The Hall–Kier alpha value is -2.51. The molecule has 0 atom stereocenters. The highest BCUT2D eigenvalue weighted by Crippen LogP contribution is 2.22. The molecule has 2 saturated heterocycles. The molecule has 7 heteroatoms. The number of hydrogen-bond donors (Lipinski definition) is 1. The first-order valence-electron chi connectivity index (χ1n) is 10.0. The first kappa shape index (κ1) is 18.8. The predicted octanol–water partition coefficient (Wildman–Crippen LogP) is 1.71. The third kappa shape index (κ3) is 4.66. The summed E-state index contributed by atoms with van der Waals surface area (Å²) < 4.78 is 5.46. The predicted molar refractivity (Wildman–Crippen MR) is 107 cm³/mol. The molecule has 28 heavy (non-hydrogen) atoms. The van der Waals surface area contributed by atoms with E-state index in [1.54, 1.807) is 18.5 Å². The summed E-state index contributed by atoms with van der Waals surface area (Å²) in [6, 6.07) is 10.1. The Labute approximate surface area is 165 Å². The largest absolute Gasteiger partial charge is 0.379 e.